The van der Waals surface area contributed by atoms with Gasteiger partial charge in [-0.25, -0.2) is 9.97 Å². The Morgan fingerprint density at radius 1 is 1.15 bits per heavy atom. The molecule has 0 atom stereocenters. The number of para-hydroxylation sites is 1. The zero-order valence-corrected chi connectivity index (χ0v) is 16.0. The monoisotopic (exact) mass is 352 g/mol. The molecule has 3 rings (SSSR count). The fourth-order valence-electron chi connectivity index (χ4n) is 3.59. The second-order valence-corrected chi connectivity index (χ2v) is 6.83. The summed E-state index contributed by atoms with van der Waals surface area (Å²) in [6, 6.07) is 10.0. The van der Waals surface area contributed by atoms with Crippen LogP contribution >= 0.6 is 0 Å². The first-order valence-corrected chi connectivity index (χ1v) is 9.64. The Morgan fingerprint density at radius 3 is 2.62 bits per heavy atom. The van der Waals surface area contributed by atoms with E-state index >= 15 is 0 Å². The molecule has 1 aliphatic heterocycles. The lowest BCUT2D eigenvalue weighted by molar-refractivity contribution is 0.0980. The van der Waals surface area contributed by atoms with E-state index in [1.54, 1.807) is 0 Å². The van der Waals surface area contributed by atoms with Crippen molar-refractivity contribution in [2.45, 2.75) is 46.5 Å². The summed E-state index contributed by atoms with van der Waals surface area (Å²) in [7, 11) is 0. The fraction of sp³-hybridized carbons (Fsp3) is 0.476. The summed E-state index contributed by atoms with van der Waals surface area (Å²) in [4.78, 5) is 26.4. The van der Waals surface area contributed by atoms with Crippen LogP contribution in [0.25, 0.3) is 0 Å². The Hall–Kier alpha value is -2.43. The number of aromatic nitrogens is 2. The number of hydrogen-bond donors (Lipinski definition) is 0. The van der Waals surface area contributed by atoms with Gasteiger partial charge in [-0.3, -0.25) is 4.79 Å². The van der Waals surface area contributed by atoms with E-state index in [1.165, 1.54) is 5.56 Å². The van der Waals surface area contributed by atoms with Crippen molar-refractivity contribution in [3.8, 4) is 0 Å². The van der Waals surface area contributed by atoms with Crippen molar-refractivity contribution >= 4 is 17.4 Å². The molecule has 1 amide bonds. The molecule has 2 aromatic rings. The first kappa shape index (κ1) is 18.4. The van der Waals surface area contributed by atoms with Crippen molar-refractivity contribution in [3.05, 3.63) is 47.4 Å². The van der Waals surface area contributed by atoms with Gasteiger partial charge in [-0.2, -0.15) is 0 Å². The van der Waals surface area contributed by atoms with E-state index in [9.17, 15) is 4.79 Å². The van der Waals surface area contributed by atoms with Crippen LogP contribution in [0.5, 0.6) is 0 Å². The van der Waals surface area contributed by atoms with E-state index in [2.05, 4.69) is 34.8 Å². The third-order valence-corrected chi connectivity index (χ3v) is 4.71. The second kappa shape index (κ2) is 8.30. The van der Waals surface area contributed by atoms with Crippen molar-refractivity contribution in [1.82, 2.24) is 9.97 Å². The van der Waals surface area contributed by atoms with Gasteiger partial charge in [-0.05, 0) is 44.2 Å². The van der Waals surface area contributed by atoms with Gasteiger partial charge in [0.2, 0.25) is 0 Å². The topological polar surface area (TPSA) is 49.3 Å². The van der Waals surface area contributed by atoms with Gasteiger partial charge in [-0.1, -0.05) is 32.0 Å². The summed E-state index contributed by atoms with van der Waals surface area (Å²) >= 11 is 0. The smallest absolute Gasteiger partial charge is 0.277 e. The maximum Gasteiger partial charge on any atom is 0.277 e. The number of nitrogens with zero attached hydrogens (tertiary/aromatic N) is 4. The van der Waals surface area contributed by atoms with Crippen molar-refractivity contribution in [2.75, 3.05) is 29.4 Å². The van der Waals surface area contributed by atoms with Crippen LogP contribution in [0.4, 0.5) is 11.5 Å². The van der Waals surface area contributed by atoms with Crippen LogP contribution in [-0.4, -0.2) is 35.5 Å². The number of fused-ring (bicyclic) bond motifs is 1. The highest BCUT2D eigenvalue weighted by atomic mass is 16.2. The van der Waals surface area contributed by atoms with Gasteiger partial charge in [-0.15, -0.1) is 0 Å². The largest absolute Gasteiger partial charge is 0.357 e. The quantitative estimate of drug-likeness (QED) is 0.788. The number of anilines is 2. The predicted molar refractivity (Wildman–Crippen MR) is 106 cm³/mol. The Balaban J connectivity index is 1.93. The molecule has 0 unspecified atom stereocenters. The van der Waals surface area contributed by atoms with Crippen molar-refractivity contribution in [3.63, 3.8) is 0 Å². The van der Waals surface area contributed by atoms with Gasteiger partial charge in [0.1, 0.15) is 17.3 Å². The van der Waals surface area contributed by atoms with Crippen LogP contribution in [0.2, 0.25) is 0 Å². The van der Waals surface area contributed by atoms with Crippen LogP contribution < -0.4 is 9.80 Å². The van der Waals surface area contributed by atoms with Crippen LogP contribution in [0.1, 0.15) is 55.0 Å². The molecule has 0 bridgehead atoms. The van der Waals surface area contributed by atoms with E-state index in [4.69, 9.17) is 0 Å². The van der Waals surface area contributed by atoms with E-state index < -0.39 is 0 Å². The minimum atomic E-state index is -0.0307. The fourth-order valence-corrected chi connectivity index (χ4v) is 3.59. The molecule has 0 radical (unpaired) electrons. The first-order chi connectivity index (χ1) is 12.6. The van der Waals surface area contributed by atoms with Crippen molar-refractivity contribution in [2.24, 2.45) is 0 Å². The maximum atomic E-state index is 13.2. The zero-order chi connectivity index (χ0) is 18.5. The summed E-state index contributed by atoms with van der Waals surface area (Å²) in [6.07, 6.45) is 4.10. The molecule has 0 saturated heterocycles. The van der Waals surface area contributed by atoms with Gasteiger partial charge in [0, 0.05) is 31.4 Å². The minimum absolute atomic E-state index is 0.0307. The van der Waals surface area contributed by atoms with Crippen molar-refractivity contribution in [1.29, 1.82) is 0 Å². The molecule has 138 valence electrons. The molecular weight excluding hydrogens is 324 g/mol. The Labute approximate surface area is 156 Å². The predicted octanol–water partition coefficient (Wildman–Crippen LogP) is 4.00. The van der Waals surface area contributed by atoms with Gasteiger partial charge >= 0.3 is 0 Å². The number of rotatable bonds is 6. The Morgan fingerprint density at radius 2 is 1.88 bits per heavy atom. The molecule has 0 saturated carbocycles. The lowest BCUT2D eigenvalue weighted by atomic mass is 10.0. The van der Waals surface area contributed by atoms with Gasteiger partial charge < -0.3 is 9.80 Å². The molecule has 0 aliphatic carbocycles. The second-order valence-electron chi connectivity index (χ2n) is 6.83. The van der Waals surface area contributed by atoms with E-state index in [-0.39, 0.29) is 5.91 Å². The van der Waals surface area contributed by atoms with Crippen LogP contribution in [0.3, 0.4) is 0 Å². The molecular formula is C21H28N4O. The van der Waals surface area contributed by atoms with Gasteiger partial charge in [0.05, 0.1) is 0 Å². The molecule has 1 aromatic carbocycles. The van der Waals surface area contributed by atoms with Crippen LogP contribution in [-0.2, 0) is 6.42 Å². The lowest BCUT2D eigenvalue weighted by Gasteiger charge is -2.29. The highest BCUT2D eigenvalue weighted by Gasteiger charge is 2.25. The molecule has 5 heteroatoms. The third-order valence-electron chi connectivity index (χ3n) is 4.71. The SMILES string of the molecule is CCCN(CCC)c1cc(C(=O)N2CCCc3ccccc32)nc(C)n1. The normalized spacial score (nSPS) is 13.4. The molecule has 0 N–H and O–H groups in total. The maximum absolute atomic E-state index is 13.2. The van der Waals surface area contributed by atoms with E-state index in [0.717, 1.165) is 56.8 Å². The first-order valence-electron chi connectivity index (χ1n) is 9.64. The number of carbonyl (C=O) groups excluding carboxylic acids is 1. The average Bonchev–Trinajstić information content (AvgIpc) is 2.66. The highest BCUT2D eigenvalue weighted by molar-refractivity contribution is 6.05. The van der Waals surface area contributed by atoms with Gasteiger partial charge in [0.25, 0.3) is 5.91 Å². The molecule has 1 aromatic heterocycles. The zero-order valence-electron chi connectivity index (χ0n) is 16.0. The molecule has 0 fully saturated rings. The number of amides is 1. The average molecular weight is 352 g/mol. The number of hydrogen-bond acceptors (Lipinski definition) is 4. The summed E-state index contributed by atoms with van der Waals surface area (Å²) in [6.45, 7) is 8.79. The summed E-state index contributed by atoms with van der Waals surface area (Å²) in [5, 5.41) is 0. The Bertz CT molecular complexity index is 768. The number of aryl methyl sites for hydroxylation is 2. The molecule has 1 aliphatic rings. The summed E-state index contributed by atoms with van der Waals surface area (Å²) in [5.41, 5.74) is 2.73. The Kier molecular flexibility index (Phi) is 5.86. The number of benzene rings is 1. The van der Waals surface area contributed by atoms with Crippen LogP contribution in [0, 0.1) is 6.92 Å². The lowest BCUT2D eigenvalue weighted by Crippen LogP contribution is -2.36. The van der Waals surface area contributed by atoms with Crippen molar-refractivity contribution < 1.29 is 4.79 Å². The third kappa shape index (κ3) is 3.87. The van der Waals surface area contributed by atoms with E-state index in [1.807, 2.05) is 36.1 Å². The number of carbonyl (C=O) groups is 1. The summed E-state index contributed by atoms with van der Waals surface area (Å²) in [5.74, 6) is 1.47. The standard InChI is InChI=1S/C21H28N4O/c1-4-12-24(13-5-2)20-15-18(22-16(3)23-20)21(26)25-14-8-10-17-9-6-7-11-19(17)25/h6-7,9,11,15H,4-5,8,10,12-14H2,1-3H3. The molecule has 5 nitrogen and oxygen atoms in total. The summed E-state index contributed by atoms with van der Waals surface area (Å²) < 4.78 is 0. The van der Waals surface area contributed by atoms with Crippen LogP contribution in [0.15, 0.2) is 30.3 Å². The molecule has 0 spiro atoms. The minimum Gasteiger partial charge on any atom is -0.357 e. The highest BCUT2D eigenvalue weighted by Crippen LogP contribution is 2.28. The van der Waals surface area contributed by atoms with E-state index in [0.29, 0.717) is 11.5 Å². The molecule has 2 heterocycles. The molecule has 26 heavy (non-hydrogen) atoms. The van der Waals surface area contributed by atoms with Gasteiger partial charge in [0.15, 0.2) is 0 Å².